The minimum absolute atomic E-state index is 0.201. The van der Waals surface area contributed by atoms with Gasteiger partial charge in [-0.25, -0.2) is 14.2 Å². The molecule has 9 nitrogen and oxygen atoms in total. The van der Waals surface area contributed by atoms with Gasteiger partial charge in [0.25, 0.3) is 5.91 Å². The van der Waals surface area contributed by atoms with Crippen LogP contribution < -0.4 is 15.1 Å². The van der Waals surface area contributed by atoms with Gasteiger partial charge in [-0.2, -0.15) is 0 Å². The number of cyclic esters (lactones) is 1. The predicted molar refractivity (Wildman–Crippen MR) is 116 cm³/mol. The van der Waals surface area contributed by atoms with E-state index in [9.17, 15) is 18.8 Å². The number of carbonyl (C=O) groups is 3. The SMILES string of the molecule is CC(=O)NC[C@H]1CN(c2ccc(N3CCON(C(=O)c4cccs4)CC3)c(F)c2)C(=O)O1. The number of carbonyl (C=O) groups excluding carboxylic acids is 3. The summed E-state index contributed by atoms with van der Waals surface area (Å²) in [6, 6.07) is 8.09. The third-order valence-corrected chi connectivity index (χ3v) is 6.03. The van der Waals surface area contributed by atoms with Crippen molar-refractivity contribution in [2.24, 2.45) is 0 Å². The van der Waals surface area contributed by atoms with E-state index in [0.29, 0.717) is 35.9 Å². The van der Waals surface area contributed by atoms with E-state index < -0.39 is 18.0 Å². The molecule has 4 rings (SSSR count). The first-order valence-corrected chi connectivity index (χ1v) is 11.1. The van der Waals surface area contributed by atoms with Crippen LogP contribution in [-0.4, -0.2) is 68.4 Å². The maximum absolute atomic E-state index is 15.0. The third-order valence-electron chi connectivity index (χ3n) is 5.18. The van der Waals surface area contributed by atoms with Gasteiger partial charge in [0.2, 0.25) is 5.91 Å². The number of nitrogens with zero attached hydrogens (tertiary/aromatic N) is 3. The number of hydrogen-bond acceptors (Lipinski definition) is 7. The maximum atomic E-state index is 15.0. The number of amides is 3. The van der Waals surface area contributed by atoms with Gasteiger partial charge in [0.1, 0.15) is 11.9 Å². The highest BCUT2D eigenvalue weighted by molar-refractivity contribution is 7.12. The molecule has 2 aliphatic heterocycles. The Hall–Kier alpha value is -3.18. The fraction of sp³-hybridized carbons (Fsp3) is 0.381. The lowest BCUT2D eigenvalue weighted by Gasteiger charge is -2.23. The van der Waals surface area contributed by atoms with Crippen LogP contribution in [0, 0.1) is 5.82 Å². The summed E-state index contributed by atoms with van der Waals surface area (Å²) >= 11 is 1.34. The molecule has 11 heteroatoms. The minimum Gasteiger partial charge on any atom is -0.442 e. The summed E-state index contributed by atoms with van der Waals surface area (Å²) in [5.41, 5.74) is 0.743. The number of anilines is 2. The van der Waals surface area contributed by atoms with Crippen molar-refractivity contribution in [3.05, 3.63) is 46.4 Å². The number of halogens is 1. The lowest BCUT2D eigenvalue weighted by Crippen LogP contribution is -2.34. The van der Waals surface area contributed by atoms with Crippen LogP contribution in [0.5, 0.6) is 0 Å². The Bertz CT molecular complexity index is 1000. The van der Waals surface area contributed by atoms with Crippen molar-refractivity contribution >= 4 is 40.6 Å². The average molecular weight is 463 g/mol. The average Bonchev–Trinajstić information content (AvgIpc) is 3.36. The molecule has 1 aromatic carbocycles. The molecule has 0 spiro atoms. The fourth-order valence-corrected chi connectivity index (χ4v) is 4.25. The Morgan fingerprint density at radius 1 is 1.25 bits per heavy atom. The minimum atomic E-state index is -0.585. The van der Waals surface area contributed by atoms with Crippen molar-refractivity contribution in [2.45, 2.75) is 13.0 Å². The molecule has 3 heterocycles. The van der Waals surface area contributed by atoms with E-state index in [-0.39, 0.29) is 31.5 Å². The zero-order valence-corrected chi connectivity index (χ0v) is 18.3. The van der Waals surface area contributed by atoms with Crippen LogP contribution in [0.25, 0.3) is 0 Å². The Balaban J connectivity index is 1.40. The number of hydrogen-bond donors (Lipinski definition) is 1. The Morgan fingerprint density at radius 3 is 2.81 bits per heavy atom. The first kappa shape index (κ1) is 22.0. The molecular formula is C21H23FN4O5S. The second kappa shape index (κ2) is 9.53. The standard InChI is InChI=1S/C21H23FN4O5S/c1-14(27)23-12-16-13-25(21(29)31-16)15-4-5-18(17(22)11-15)24-6-7-26(30-9-8-24)20(28)19-3-2-10-32-19/h2-5,10-11,16H,6-9,12-13H2,1H3,(H,23,27)/t16-/m0/s1. The molecular weight excluding hydrogens is 439 g/mol. The number of benzene rings is 1. The second-order valence-corrected chi connectivity index (χ2v) is 8.34. The molecule has 1 aromatic heterocycles. The highest BCUT2D eigenvalue weighted by atomic mass is 32.1. The van der Waals surface area contributed by atoms with E-state index in [4.69, 9.17) is 9.57 Å². The second-order valence-electron chi connectivity index (χ2n) is 7.39. The summed E-state index contributed by atoms with van der Waals surface area (Å²) in [6.07, 6.45) is -1.08. The molecule has 1 atom stereocenters. The van der Waals surface area contributed by atoms with Gasteiger partial charge in [0.05, 0.1) is 42.5 Å². The lowest BCUT2D eigenvalue weighted by atomic mass is 10.2. The first-order valence-electron chi connectivity index (χ1n) is 10.2. The zero-order chi connectivity index (χ0) is 22.7. The van der Waals surface area contributed by atoms with Crippen molar-refractivity contribution in [2.75, 3.05) is 49.1 Å². The van der Waals surface area contributed by atoms with Crippen LogP contribution in [0.15, 0.2) is 35.7 Å². The van der Waals surface area contributed by atoms with Gasteiger partial charge in [-0.3, -0.25) is 19.3 Å². The molecule has 1 N–H and O–H groups in total. The molecule has 0 unspecified atom stereocenters. The predicted octanol–water partition coefficient (Wildman–Crippen LogP) is 2.24. The largest absolute Gasteiger partial charge is 0.442 e. The van der Waals surface area contributed by atoms with Crippen LogP contribution >= 0.6 is 11.3 Å². The zero-order valence-electron chi connectivity index (χ0n) is 17.5. The van der Waals surface area contributed by atoms with Crippen molar-refractivity contribution in [3.8, 4) is 0 Å². The smallest absolute Gasteiger partial charge is 0.414 e. The number of nitrogens with one attached hydrogen (secondary N) is 1. The normalized spacial score (nSPS) is 19.0. The van der Waals surface area contributed by atoms with Crippen LogP contribution in [0.1, 0.15) is 16.6 Å². The van der Waals surface area contributed by atoms with Crippen molar-refractivity contribution in [3.63, 3.8) is 0 Å². The van der Waals surface area contributed by atoms with Crippen LogP contribution in [-0.2, 0) is 14.4 Å². The summed E-state index contributed by atoms with van der Waals surface area (Å²) in [5, 5.41) is 5.75. The molecule has 170 valence electrons. The Morgan fingerprint density at radius 2 is 2.09 bits per heavy atom. The Labute approximate surface area is 188 Å². The van der Waals surface area contributed by atoms with Crippen LogP contribution in [0.3, 0.4) is 0 Å². The molecule has 2 saturated heterocycles. The summed E-state index contributed by atoms with van der Waals surface area (Å²) in [5.74, 6) is -0.912. The van der Waals surface area contributed by atoms with E-state index in [1.54, 1.807) is 24.3 Å². The van der Waals surface area contributed by atoms with Gasteiger partial charge in [-0.05, 0) is 29.6 Å². The van der Waals surface area contributed by atoms with Crippen LogP contribution in [0.2, 0.25) is 0 Å². The molecule has 0 saturated carbocycles. The summed E-state index contributed by atoms with van der Waals surface area (Å²) in [7, 11) is 0. The van der Waals surface area contributed by atoms with Crippen molar-refractivity contribution in [1.82, 2.24) is 10.4 Å². The lowest BCUT2D eigenvalue weighted by molar-refractivity contribution is -0.119. The molecule has 2 fully saturated rings. The molecule has 0 radical (unpaired) electrons. The van der Waals surface area contributed by atoms with E-state index in [2.05, 4.69) is 5.32 Å². The molecule has 3 amide bonds. The molecule has 32 heavy (non-hydrogen) atoms. The van der Waals surface area contributed by atoms with Gasteiger partial charge >= 0.3 is 6.09 Å². The first-order chi connectivity index (χ1) is 15.4. The van der Waals surface area contributed by atoms with Crippen molar-refractivity contribution < 1.29 is 28.3 Å². The van der Waals surface area contributed by atoms with E-state index >= 15 is 0 Å². The summed E-state index contributed by atoms with van der Waals surface area (Å²) in [6.45, 7) is 3.14. The quantitative estimate of drug-likeness (QED) is 0.733. The highest BCUT2D eigenvalue weighted by Gasteiger charge is 2.33. The molecule has 0 bridgehead atoms. The molecule has 2 aromatic rings. The number of rotatable bonds is 5. The van der Waals surface area contributed by atoms with E-state index in [1.165, 1.54) is 34.3 Å². The molecule has 2 aliphatic rings. The molecule has 0 aliphatic carbocycles. The number of hydroxylamine groups is 2. The third kappa shape index (κ3) is 4.83. The number of ether oxygens (including phenoxy) is 1. The monoisotopic (exact) mass is 462 g/mol. The van der Waals surface area contributed by atoms with Gasteiger partial charge in [-0.15, -0.1) is 11.3 Å². The van der Waals surface area contributed by atoms with Crippen LogP contribution in [0.4, 0.5) is 20.6 Å². The van der Waals surface area contributed by atoms with E-state index in [0.717, 1.165) is 0 Å². The van der Waals surface area contributed by atoms with E-state index in [1.807, 2.05) is 10.3 Å². The fourth-order valence-electron chi connectivity index (χ4n) is 3.59. The van der Waals surface area contributed by atoms with Gasteiger partial charge in [-0.1, -0.05) is 6.07 Å². The highest BCUT2D eigenvalue weighted by Crippen LogP contribution is 2.28. The summed E-state index contributed by atoms with van der Waals surface area (Å²) < 4.78 is 20.2. The van der Waals surface area contributed by atoms with Crippen molar-refractivity contribution in [1.29, 1.82) is 0 Å². The number of thiophene rings is 1. The summed E-state index contributed by atoms with van der Waals surface area (Å²) in [4.78, 5) is 45.0. The Kier molecular flexibility index (Phi) is 6.56. The van der Waals surface area contributed by atoms with Gasteiger partial charge in [0.15, 0.2) is 0 Å². The van der Waals surface area contributed by atoms with Gasteiger partial charge in [0, 0.05) is 20.0 Å². The topological polar surface area (TPSA) is 91.4 Å². The maximum Gasteiger partial charge on any atom is 0.414 e. The van der Waals surface area contributed by atoms with Gasteiger partial charge < -0.3 is 15.0 Å².